The van der Waals surface area contributed by atoms with E-state index in [1.165, 1.54) is 6.07 Å². The Bertz CT molecular complexity index is 1530. The molecule has 0 saturated carbocycles. The van der Waals surface area contributed by atoms with Gasteiger partial charge < -0.3 is 30.5 Å². The van der Waals surface area contributed by atoms with Gasteiger partial charge in [-0.1, -0.05) is 12.1 Å². The normalized spacial score (nSPS) is 24.6. The van der Waals surface area contributed by atoms with Crippen LogP contribution < -0.4 is 10.5 Å². The molecule has 214 valence electrons. The van der Waals surface area contributed by atoms with Crippen molar-refractivity contribution >= 4 is 17.5 Å². The van der Waals surface area contributed by atoms with E-state index >= 15 is 0 Å². The second kappa shape index (κ2) is 10.4. The number of allylic oxidation sites excluding steroid dienone is 3. The molecule has 1 fully saturated rings. The predicted molar refractivity (Wildman–Crippen MR) is 147 cm³/mol. The number of hydrogen-bond acceptors (Lipinski definition) is 9. The fourth-order valence-electron chi connectivity index (χ4n) is 6.97. The highest BCUT2D eigenvalue weighted by Crippen LogP contribution is 2.51. The number of benzene rings is 2. The summed E-state index contributed by atoms with van der Waals surface area (Å²) in [6, 6.07) is 9.18. The lowest BCUT2D eigenvalue weighted by atomic mass is 9.62. The van der Waals surface area contributed by atoms with Crippen molar-refractivity contribution < 1.29 is 39.2 Å². The quantitative estimate of drug-likeness (QED) is 0.403. The maximum absolute atomic E-state index is 13.9. The van der Waals surface area contributed by atoms with Gasteiger partial charge in [0.05, 0.1) is 31.8 Å². The molecule has 0 aromatic heterocycles. The zero-order valence-electron chi connectivity index (χ0n) is 22.7. The van der Waals surface area contributed by atoms with Crippen LogP contribution in [0.1, 0.15) is 34.3 Å². The summed E-state index contributed by atoms with van der Waals surface area (Å²) < 4.78 is 11.2. The van der Waals surface area contributed by atoms with E-state index in [2.05, 4.69) is 4.90 Å². The number of primary amides is 1. The summed E-state index contributed by atoms with van der Waals surface area (Å²) in [5.74, 6) is -4.90. The number of morpholine rings is 1. The summed E-state index contributed by atoms with van der Waals surface area (Å²) in [4.78, 5) is 41.2. The number of hydrogen-bond donors (Lipinski definition) is 4. The highest BCUT2D eigenvalue weighted by Gasteiger charge is 2.50. The molecule has 6 rings (SSSR count). The molecule has 3 atom stereocenters. The van der Waals surface area contributed by atoms with Crippen LogP contribution in [-0.2, 0) is 27.3 Å². The third-order valence-electron chi connectivity index (χ3n) is 8.83. The van der Waals surface area contributed by atoms with E-state index in [1.807, 2.05) is 18.2 Å². The summed E-state index contributed by atoms with van der Waals surface area (Å²) in [6.07, 6.45) is 0.653. The van der Waals surface area contributed by atoms with Crippen LogP contribution in [-0.4, -0.2) is 71.1 Å². The zero-order valence-corrected chi connectivity index (χ0v) is 22.7. The van der Waals surface area contributed by atoms with Crippen molar-refractivity contribution in [2.45, 2.75) is 25.8 Å². The van der Waals surface area contributed by atoms with Gasteiger partial charge in [0.1, 0.15) is 28.6 Å². The van der Waals surface area contributed by atoms with Crippen molar-refractivity contribution in [3.05, 3.63) is 69.7 Å². The molecule has 0 radical (unpaired) electrons. The Morgan fingerprint density at radius 1 is 1.07 bits per heavy atom. The fraction of sp³-hybridized carbons (Fsp3) is 0.387. The van der Waals surface area contributed by atoms with Crippen LogP contribution in [0.5, 0.6) is 11.5 Å². The van der Waals surface area contributed by atoms with Crippen molar-refractivity contribution in [1.29, 1.82) is 0 Å². The molecular formula is C31H32N2O8. The first-order valence-electron chi connectivity index (χ1n) is 13.8. The average molecular weight is 561 g/mol. The van der Waals surface area contributed by atoms with Crippen molar-refractivity contribution in [2.24, 2.45) is 23.5 Å². The van der Waals surface area contributed by atoms with Crippen molar-refractivity contribution in [2.75, 3.05) is 33.4 Å². The first kappa shape index (κ1) is 27.0. The second-order valence-electron chi connectivity index (χ2n) is 11.2. The van der Waals surface area contributed by atoms with E-state index in [9.17, 15) is 29.7 Å². The minimum absolute atomic E-state index is 0.00608. The highest BCUT2D eigenvalue weighted by molar-refractivity contribution is 6.22. The number of nitrogens with two attached hydrogens (primary N) is 1. The number of carbonyl (C=O) groups is 3. The third kappa shape index (κ3) is 4.47. The lowest BCUT2D eigenvalue weighted by Crippen LogP contribution is -2.43. The summed E-state index contributed by atoms with van der Waals surface area (Å²) in [5.41, 5.74) is 8.17. The number of rotatable bonds is 5. The molecule has 2 aromatic rings. The maximum atomic E-state index is 13.9. The van der Waals surface area contributed by atoms with Gasteiger partial charge in [0.25, 0.3) is 5.91 Å². The number of aromatic hydroxyl groups is 1. The van der Waals surface area contributed by atoms with E-state index in [4.69, 9.17) is 15.2 Å². The van der Waals surface area contributed by atoms with Crippen LogP contribution in [0.4, 0.5) is 0 Å². The number of methoxy groups -OCH3 is 1. The van der Waals surface area contributed by atoms with Gasteiger partial charge in [0.2, 0.25) is 0 Å². The summed E-state index contributed by atoms with van der Waals surface area (Å²) in [6.45, 7) is 3.77. The van der Waals surface area contributed by atoms with Crippen LogP contribution in [0.2, 0.25) is 0 Å². The predicted octanol–water partition coefficient (Wildman–Crippen LogP) is 2.97. The standard InChI is InChI=1S/C31H32N2O8/c1-40-23-5-2-15(14-33-6-8-41-9-7-33)10-19(23)18-3-4-21(34)26-20(18)12-16-11-17-13-22(35)27(31(32)39)30(38)25(17)28(36)24(16)29(26)37/h2-5,10,16-17,25,34-36H,6-9,11-14H2,1H3,(H2,32,39). The lowest BCUT2D eigenvalue weighted by molar-refractivity contribution is -0.126. The van der Waals surface area contributed by atoms with Crippen LogP contribution >= 0.6 is 0 Å². The minimum atomic E-state index is -1.15. The summed E-state index contributed by atoms with van der Waals surface area (Å²) in [7, 11) is 1.58. The maximum Gasteiger partial charge on any atom is 0.255 e. The Labute approximate surface area is 236 Å². The topological polar surface area (TPSA) is 160 Å². The molecule has 1 amide bonds. The summed E-state index contributed by atoms with van der Waals surface area (Å²) >= 11 is 0. The molecule has 0 spiro atoms. The van der Waals surface area contributed by atoms with Crippen molar-refractivity contribution in [3.63, 3.8) is 0 Å². The van der Waals surface area contributed by atoms with E-state index in [-0.39, 0.29) is 29.1 Å². The summed E-state index contributed by atoms with van der Waals surface area (Å²) in [5, 5.41) is 32.5. The first-order chi connectivity index (χ1) is 19.7. The van der Waals surface area contributed by atoms with Crippen LogP contribution in [0.15, 0.2) is 53.0 Å². The van der Waals surface area contributed by atoms with E-state index < -0.39 is 46.6 Å². The number of nitrogens with zero attached hydrogens (tertiary/aromatic N) is 1. The molecule has 41 heavy (non-hydrogen) atoms. The molecule has 2 aromatic carbocycles. The lowest BCUT2D eigenvalue weighted by Gasteiger charge is -2.41. The largest absolute Gasteiger partial charge is 0.511 e. The van der Waals surface area contributed by atoms with Crippen molar-refractivity contribution in [3.8, 4) is 22.6 Å². The first-order valence-corrected chi connectivity index (χ1v) is 13.8. The average Bonchev–Trinajstić information content (AvgIpc) is 2.93. The Morgan fingerprint density at radius 2 is 1.83 bits per heavy atom. The van der Waals surface area contributed by atoms with Crippen LogP contribution in [0.25, 0.3) is 11.1 Å². The highest BCUT2D eigenvalue weighted by atomic mass is 16.5. The number of ether oxygens (including phenoxy) is 2. The second-order valence-corrected chi connectivity index (χ2v) is 11.2. The number of Topliss-reactive ketones (excluding diaryl/α,β-unsaturated/α-hetero) is 2. The smallest absolute Gasteiger partial charge is 0.255 e. The molecule has 0 bridgehead atoms. The van der Waals surface area contributed by atoms with Crippen LogP contribution in [0, 0.1) is 17.8 Å². The molecule has 1 aliphatic heterocycles. The number of aliphatic hydroxyl groups is 2. The Morgan fingerprint density at radius 3 is 2.54 bits per heavy atom. The monoisotopic (exact) mass is 560 g/mol. The van der Waals surface area contributed by atoms with E-state index in [0.717, 1.165) is 36.3 Å². The Balaban J connectivity index is 1.42. The van der Waals surface area contributed by atoms with Gasteiger partial charge >= 0.3 is 0 Å². The van der Waals surface area contributed by atoms with E-state index in [1.54, 1.807) is 13.2 Å². The van der Waals surface area contributed by atoms with Gasteiger partial charge in [-0.15, -0.1) is 0 Å². The molecule has 4 aliphatic rings. The number of phenols is 1. The molecule has 10 nitrogen and oxygen atoms in total. The van der Waals surface area contributed by atoms with Gasteiger partial charge in [-0.2, -0.15) is 0 Å². The zero-order chi connectivity index (χ0) is 29.0. The molecule has 1 heterocycles. The Kier molecular flexibility index (Phi) is 6.83. The number of amides is 1. The molecule has 1 saturated heterocycles. The molecule has 10 heteroatoms. The minimum Gasteiger partial charge on any atom is -0.511 e. The molecule has 3 unspecified atom stereocenters. The van der Waals surface area contributed by atoms with Crippen molar-refractivity contribution in [1.82, 2.24) is 4.90 Å². The SMILES string of the molecule is COc1ccc(CN2CCOCC2)cc1-c1ccc(O)c2c1CC1CC3CC(O)=C(C(N)=O)C(=O)C3C(O)=C1C2=O. The third-order valence-corrected chi connectivity index (χ3v) is 8.83. The van der Waals surface area contributed by atoms with Gasteiger partial charge in [0.15, 0.2) is 11.6 Å². The molecule has 3 aliphatic carbocycles. The van der Waals surface area contributed by atoms with Gasteiger partial charge in [-0.05, 0) is 59.6 Å². The number of phenolic OH excluding ortho intramolecular Hbond substituents is 1. The molecule has 5 N–H and O–H groups in total. The Hall–Kier alpha value is -4.15. The van der Waals surface area contributed by atoms with Crippen LogP contribution in [0.3, 0.4) is 0 Å². The number of carbonyl (C=O) groups excluding carboxylic acids is 3. The van der Waals surface area contributed by atoms with E-state index in [0.29, 0.717) is 37.4 Å². The number of ketones is 2. The van der Waals surface area contributed by atoms with Gasteiger partial charge in [0, 0.05) is 37.2 Å². The number of fused-ring (bicyclic) bond motifs is 3. The van der Waals surface area contributed by atoms with Gasteiger partial charge in [-0.25, -0.2) is 0 Å². The van der Waals surface area contributed by atoms with Gasteiger partial charge in [-0.3, -0.25) is 19.3 Å². The number of aliphatic hydroxyl groups excluding tert-OH is 2. The molecular weight excluding hydrogens is 528 g/mol. The fourth-order valence-corrected chi connectivity index (χ4v) is 6.97.